The Hall–Kier alpha value is 1.30. The summed E-state index contributed by atoms with van der Waals surface area (Å²) in [5.41, 5.74) is 0. The average molecular weight is 650 g/mol. The van der Waals surface area contributed by atoms with Gasteiger partial charge in [-0.05, 0) is 0 Å². The first-order valence-electron chi connectivity index (χ1n) is 8.43. The Bertz CT molecular complexity index is 691. The number of hydrogen-bond donors (Lipinski definition) is 0. The summed E-state index contributed by atoms with van der Waals surface area (Å²) in [7, 11) is 0. The molecule has 26 heavy (non-hydrogen) atoms. The molecule has 0 radical (unpaired) electrons. The molecule has 0 bridgehead atoms. The second kappa shape index (κ2) is 12.1. The Morgan fingerprint density at radius 3 is 1.35 bits per heavy atom. The first-order chi connectivity index (χ1) is 12.5. The van der Waals surface area contributed by atoms with Crippen LogP contribution in [0.2, 0.25) is 10.6 Å². The van der Waals surface area contributed by atoms with Gasteiger partial charge in [-0.15, -0.1) is 0 Å². The maximum atomic E-state index is 6.24. The average Bonchev–Trinajstić information content (AvgIpc) is 2.67. The predicted octanol–water partition coefficient (Wildman–Crippen LogP) is 3.82. The van der Waals surface area contributed by atoms with Crippen molar-refractivity contribution < 1.29 is 9.05 Å². The van der Waals surface area contributed by atoms with Crippen LogP contribution in [0.25, 0.3) is 0 Å². The zero-order valence-corrected chi connectivity index (χ0v) is 23.6. The van der Waals surface area contributed by atoms with Gasteiger partial charge in [0.25, 0.3) is 0 Å². The van der Waals surface area contributed by atoms with Gasteiger partial charge in [-0.2, -0.15) is 0 Å². The SMILES string of the molecule is CCOP(=[Se])([Se]CC[Se]P(=[Se])(OCC)c1ccccc1)c1ccccc1. The number of rotatable bonds is 11. The molecule has 2 unspecified atom stereocenters. The van der Waals surface area contributed by atoms with E-state index in [0.29, 0.717) is 29.0 Å². The maximum absolute atomic E-state index is 6.24. The van der Waals surface area contributed by atoms with Crippen LogP contribution in [0.4, 0.5) is 0 Å². The van der Waals surface area contributed by atoms with E-state index in [1.165, 1.54) is 21.2 Å². The van der Waals surface area contributed by atoms with Crippen LogP contribution in [0, 0.1) is 0 Å². The quantitative estimate of drug-likeness (QED) is 0.210. The zero-order chi connectivity index (χ0) is 18.9. The Kier molecular flexibility index (Phi) is 11.0. The van der Waals surface area contributed by atoms with E-state index < -0.39 is 8.85 Å². The van der Waals surface area contributed by atoms with Crippen LogP contribution >= 0.6 is 8.85 Å². The Balaban J connectivity index is 2.00. The molecule has 0 aliphatic carbocycles. The van der Waals surface area contributed by atoms with Crippen LogP contribution in [0.15, 0.2) is 60.7 Å². The van der Waals surface area contributed by atoms with Gasteiger partial charge in [-0.1, -0.05) is 0 Å². The van der Waals surface area contributed by atoms with Crippen molar-refractivity contribution in [3.8, 4) is 0 Å². The molecule has 0 saturated heterocycles. The van der Waals surface area contributed by atoms with Crippen LogP contribution in [0.3, 0.4) is 0 Å². The normalized spacial score (nSPS) is 15.9. The van der Waals surface area contributed by atoms with Gasteiger partial charge in [-0.3, -0.25) is 0 Å². The molecule has 0 aromatic heterocycles. The third kappa shape index (κ3) is 6.97. The summed E-state index contributed by atoms with van der Waals surface area (Å²) in [6.07, 6.45) is 0. The van der Waals surface area contributed by atoms with Crippen LogP contribution in [0.1, 0.15) is 13.8 Å². The van der Waals surface area contributed by atoms with Crippen LogP contribution in [0.5, 0.6) is 0 Å². The molecule has 0 saturated carbocycles. The summed E-state index contributed by atoms with van der Waals surface area (Å²) in [6.45, 7) is 5.72. The van der Waals surface area contributed by atoms with Gasteiger partial charge in [0.1, 0.15) is 0 Å². The van der Waals surface area contributed by atoms with E-state index in [2.05, 4.69) is 105 Å². The van der Waals surface area contributed by atoms with Gasteiger partial charge in [0.05, 0.1) is 0 Å². The molecular formula is C18H24O2P2Se4. The second-order valence-corrected chi connectivity index (χ2v) is 34.2. The summed E-state index contributed by atoms with van der Waals surface area (Å²) in [5.74, 6) is 0. The standard InChI is InChI=1S/C18H24O2P2Se4/c1-3-19-21(23,17-11-7-5-8-12-17)25-15-16-26-22(24,20-4-2)18-13-9-6-10-14-18/h5-14H,3-4,15-16H2,1-2H3. The summed E-state index contributed by atoms with van der Waals surface area (Å²) < 4.78 is 9.32. The summed E-state index contributed by atoms with van der Waals surface area (Å²) in [6, 6.07) is 21.4. The molecule has 0 N–H and O–H groups in total. The molecule has 0 aliphatic rings. The fraction of sp³-hybridized carbons (Fsp3) is 0.333. The fourth-order valence-corrected chi connectivity index (χ4v) is 27.6. The molecule has 2 aromatic rings. The van der Waals surface area contributed by atoms with E-state index in [9.17, 15) is 0 Å². The summed E-state index contributed by atoms with van der Waals surface area (Å²) in [4.78, 5) is 0. The van der Waals surface area contributed by atoms with Gasteiger partial charge in [-0.25, -0.2) is 0 Å². The Morgan fingerprint density at radius 2 is 1.04 bits per heavy atom. The van der Waals surface area contributed by atoms with Crippen molar-refractivity contribution in [2.45, 2.75) is 24.5 Å². The topological polar surface area (TPSA) is 18.5 Å². The Labute approximate surface area is 184 Å². The summed E-state index contributed by atoms with van der Waals surface area (Å²) >= 11 is 7.80. The first kappa shape index (κ1) is 23.6. The molecule has 0 amide bonds. The second-order valence-electron chi connectivity index (χ2n) is 5.17. The van der Waals surface area contributed by atoms with E-state index in [-0.39, 0.29) is 0 Å². The van der Waals surface area contributed by atoms with E-state index >= 15 is 0 Å². The molecule has 8 heteroatoms. The molecule has 0 heterocycles. The molecular weight excluding hydrogens is 626 g/mol. The number of benzene rings is 2. The molecule has 0 aliphatic heterocycles. The third-order valence-corrected chi connectivity index (χ3v) is 31.1. The van der Waals surface area contributed by atoms with Gasteiger partial charge in [0.2, 0.25) is 0 Å². The van der Waals surface area contributed by atoms with E-state index in [4.69, 9.17) is 9.05 Å². The number of hydrogen-bond acceptors (Lipinski definition) is 2. The first-order valence-corrected chi connectivity index (χ1v) is 23.1. The van der Waals surface area contributed by atoms with E-state index in [1.807, 2.05) is 0 Å². The minimum atomic E-state index is -1.58. The van der Waals surface area contributed by atoms with Crippen molar-refractivity contribution in [3.63, 3.8) is 0 Å². The van der Waals surface area contributed by atoms with E-state index in [0.717, 1.165) is 13.2 Å². The van der Waals surface area contributed by atoms with Crippen LogP contribution in [-0.2, 0) is 9.05 Å². The molecule has 2 aromatic carbocycles. The van der Waals surface area contributed by atoms with Gasteiger partial charge in [0, 0.05) is 0 Å². The van der Waals surface area contributed by atoms with Crippen LogP contribution < -0.4 is 10.6 Å². The zero-order valence-electron chi connectivity index (χ0n) is 14.9. The van der Waals surface area contributed by atoms with E-state index in [1.54, 1.807) is 0 Å². The van der Waals surface area contributed by atoms with Crippen molar-refractivity contribution >= 4 is 78.7 Å². The van der Waals surface area contributed by atoms with Crippen molar-refractivity contribution in [1.82, 2.24) is 0 Å². The van der Waals surface area contributed by atoms with Crippen molar-refractivity contribution in [3.05, 3.63) is 60.7 Å². The minimum absolute atomic E-state index is 0.444. The van der Waals surface area contributed by atoms with Crippen molar-refractivity contribution in [2.75, 3.05) is 13.2 Å². The van der Waals surface area contributed by atoms with Gasteiger partial charge < -0.3 is 0 Å². The molecule has 2 rings (SSSR count). The molecule has 0 spiro atoms. The van der Waals surface area contributed by atoms with Crippen LogP contribution in [-0.4, -0.2) is 72.4 Å². The summed E-state index contributed by atoms with van der Waals surface area (Å²) in [5, 5.41) is 5.16. The third-order valence-electron chi connectivity index (χ3n) is 3.35. The molecule has 142 valence electrons. The molecule has 2 atom stereocenters. The molecule has 0 fully saturated rings. The fourth-order valence-electron chi connectivity index (χ4n) is 2.25. The molecule has 2 nitrogen and oxygen atoms in total. The van der Waals surface area contributed by atoms with Crippen molar-refractivity contribution in [2.24, 2.45) is 0 Å². The Morgan fingerprint density at radius 1 is 0.692 bits per heavy atom. The van der Waals surface area contributed by atoms with Crippen molar-refractivity contribution in [1.29, 1.82) is 0 Å². The predicted molar refractivity (Wildman–Crippen MR) is 122 cm³/mol. The monoisotopic (exact) mass is 654 g/mol. The van der Waals surface area contributed by atoms with Gasteiger partial charge >= 0.3 is 186 Å². The van der Waals surface area contributed by atoms with Gasteiger partial charge in [0.15, 0.2) is 0 Å².